The molecular weight excluding hydrogens is 398 g/mol. The number of thioether (sulfide) groups is 2. The quantitative estimate of drug-likeness (QED) is 0.713. The molecule has 0 saturated carbocycles. The fourth-order valence-electron chi connectivity index (χ4n) is 3.74. The van der Waals surface area contributed by atoms with Crippen LogP contribution < -0.4 is 0 Å². The standard InChI is InChI=1S/C23H27N3OS2/c27-22(21-10-5-4-9-20(21)18-29-23-24-11-16-28-23)26-13-6-12-25(14-15-26)17-19-7-2-1-3-8-19/h1-5,7-10H,6,11-18H2. The summed E-state index contributed by atoms with van der Waals surface area (Å²) in [5, 5.41) is 0. The summed E-state index contributed by atoms with van der Waals surface area (Å²) in [7, 11) is 0. The lowest BCUT2D eigenvalue weighted by molar-refractivity contribution is 0.0760. The Kier molecular flexibility index (Phi) is 7.30. The maximum Gasteiger partial charge on any atom is 0.254 e. The molecule has 0 aliphatic carbocycles. The van der Waals surface area contributed by atoms with E-state index in [2.05, 4.69) is 46.3 Å². The molecule has 1 saturated heterocycles. The second kappa shape index (κ2) is 10.3. The summed E-state index contributed by atoms with van der Waals surface area (Å²) in [5.74, 6) is 2.06. The number of nitrogens with zero attached hydrogens (tertiary/aromatic N) is 3. The lowest BCUT2D eigenvalue weighted by Crippen LogP contribution is -2.35. The molecule has 2 aliphatic heterocycles. The molecule has 2 aliphatic rings. The number of amides is 1. The molecule has 0 aromatic heterocycles. The molecule has 1 fully saturated rings. The monoisotopic (exact) mass is 425 g/mol. The summed E-state index contributed by atoms with van der Waals surface area (Å²) < 4.78 is 1.15. The highest BCUT2D eigenvalue weighted by atomic mass is 32.2. The number of rotatable bonds is 5. The first-order valence-electron chi connectivity index (χ1n) is 10.2. The molecule has 0 radical (unpaired) electrons. The van der Waals surface area contributed by atoms with E-state index in [1.54, 1.807) is 11.8 Å². The summed E-state index contributed by atoms with van der Waals surface area (Å²) >= 11 is 3.57. The first-order chi connectivity index (χ1) is 14.3. The van der Waals surface area contributed by atoms with Crippen molar-refractivity contribution in [2.75, 3.05) is 38.5 Å². The van der Waals surface area contributed by atoms with E-state index < -0.39 is 0 Å². The number of hydrogen-bond acceptors (Lipinski definition) is 5. The van der Waals surface area contributed by atoms with Crippen LogP contribution in [0.2, 0.25) is 0 Å². The first kappa shape index (κ1) is 20.5. The zero-order valence-electron chi connectivity index (χ0n) is 16.6. The Hall–Kier alpha value is -1.76. The van der Waals surface area contributed by atoms with Gasteiger partial charge in [-0.1, -0.05) is 72.1 Å². The third-order valence-electron chi connectivity index (χ3n) is 5.28. The van der Waals surface area contributed by atoms with Gasteiger partial charge in [-0.2, -0.15) is 0 Å². The van der Waals surface area contributed by atoms with Crippen LogP contribution in [0.1, 0.15) is 27.9 Å². The van der Waals surface area contributed by atoms with Crippen LogP contribution in [-0.4, -0.2) is 58.6 Å². The highest BCUT2D eigenvalue weighted by Gasteiger charge is 2.22. The molecule has 1 amide bonds. The van der Waals surface area contributed by atoms with Crippen LogP contribution in [0.4, 0.5) is 0 Å². The second-order valence-corrected chi connectivity index (χ2v) is 9.66. The van der Waals surface area contributed by atoms with Crippen LogP contribution in [0.25, 0.3) is 0 Å². The van der Waals surface area contributed by atoms with E-state index in [0.717, 1.165) is 72.7 Å². The molecule has 2 heterocycles. The number of carbonyl (C=O) groups is 1. The largest absolute Gasteiger partial charge is 0.337 e. The summed E-state index contributed by atoms with van der Waals surface area (Å²) in [6.07, 6.45) is 1.02. The summed E-state index contributed by atoms with van der Waals surface area (Å²) in [4.78, 5) is 22.3. The Morgan fingerprint density at radius 2 is 1.83 bits per heavy atom. The predicted octanol–water partition coefficient (Wildman–Crippen LogP) is 4.37. The van der Waals surface area contributed by atoms with Gasteiger partial charge < -0.3 is 4.90 Å². The average Bonchev–Trinajstić information content (AvgIpc) is 3.18. The average molecular weight is 426 g/mol. The molecule has 6 heteroatoms. The minimum atomic E-state index is 0.170. The van der Waals surface area contributed by atoms with E-state index in [0.29, 0.717) is 0 Å². The molecule has 0 N–H and O–H groups in total. The van der Waals surface area contributed by atoms with E-state index in [1.165, 1.54) is 5.56 Å². The summed E-state index contributed by atoms with van der Waals surface area (Å²) in [6, 6.07) is 18.7. The van der Waals surface area contributed by atoms with Gasteiger partial charge in [0.2, 0.25) is 0 Å². The first-order valence-corrected chi connectivity index (χ1v) is 12.2. The highest BCUT2D eigenvalue weighted by molar-refractivity contribution is 8.38. The van der Waals surface area contributed by atoms with Gasteiger partial charge in [-0.05, 0) is 23.6 Å². The van der Waals surface area contributed by atoms with Gasteiger partial charge in [0.25, 0.3) is 5.91 Å². The van der Waals surface area contributed by atoms with Crippen molar-refractivity contribution in [2.45, 2.75) is 18.7 Å². The van der Waals surface area contributed by atoms with Crippen LogP contribution in [0, 0.1) is 0 Å². The SMILES string of the molecule is O=C(c1ccccc1CSC1=NCCS1)N1CCCN(Cc2ccccc2)CC1. The zero-order chi connectivity index (χ0) is 19.9. The number of carbonyl (C=O) groups excluding carboxylic acids is 1. The van der Waals surface area contributed by atoms with E-state index in [9.17, 15) is 4.79 Å². The van der Waals surface area contributed by atoms with Gasteiger partial charge in [0.1, 0.15) is 4.38 Å². The van der Waals surface area contributed by atoms with Gasteiger partial charge in [0.15, 0.2) is 0 Å². The molecule has 2 aromatic rings. The number of aliphatic imine (C=N–C) groups is 1. The summed E-state index contributed by atoms with van der Waals surface area (Å²) in [6.45, 7) is 5.44. The van der Waals surface area contributed by atoms with Crippen molar-refractivity contribution in [3.05, 3.63) is 71.3 Å². The molecule has 29 heavy (non-hydrogen) atoms. The van der Waals surface area contributed by atoms with Crippen LogP contribution in [0.3, 0.4) is 0 Å². The summed E-state index contributed by atoms with van der Waals surface area (Å²) in [5.41, 5.74) is 3.30. The predicted molar refractivity (Wildman–Crippen MR) is 125 cm³/mol. The van der Waals surface area contributed by atoms with Crippen molar-refractivity contribution in [3.8, 4) is 0 Å². The lowest BCUT2D eigenvalue weighted by Gasteiger charge is -2.23. The molecule has 0 spiro atoms. The second-order valence-electron chi connectivity index (χ2n) is 7.35. The molecule has 2 aromatic carbocycles. The minimum Gasteiger partial charge on any atom is -0.337 e. The Bertz CT molecular complexity index is 856. The third-order valence-corrected chi connectivity index (χ3v) is 7.58. The molecule has 4 nitrogen and oxygen atoms in total. The zero-order valence-corrected chi connectivity index (χ0v) is 18.3. The molecule has 152 valence electrons. The smallest absolute Gasteiger partial charge is 0.254 e. The van der Waals surface area contributed by atoms with Crippen molar-refractivity contribution < 1.29 is 4.79 Å². The number of hydrogen-bond donors (Lipinski definition) is 0. The Balaban J connectivity index is 1.38. The highest BCUT2D eigenvalue weighted by Crippen LogP contribution is 2.27. The number of benzene rings is 2. The Morgan fingerprint density at radius 1 is 1.00 bits per heavy atom. The van der Waals surface area contributed by atoms with E-state index in [1.807, 2.05) is 34.9 Å². The Labute approximate surface area is 181 Å². The third kappa shape index (κ3) is 5.65. The van der Waals surface area contributed by atoms with E-state index in [-0.39, 0.29) is 5.91 Å². The minimum absolute atomic E-state index is 0.170. The molecule has 0 bridgehead atoms. The van der Waals surface area contributed by atoms with Crippen LogP contribution >= 0.6 is 23.5 Å². The van der Waals surface area contributed by atoms with Gasteiger partial charge in [0, 0.05) is 49.8 Å². The molecule has 4 rings (SSSR count). The van der Waals surface area contributed by atoms with Crippen LogP contribution in [0.15, 0.2) is 59.6 Å². The maximum atomic E-state index is 13.3. The van der Waals surface area contributed by atoms with Crippen LogP contribution in [0.5, 0.6) is 0 Å². The van der Waals surface area contributed by atoms with E-state index >= 15 is 0 Å². The van der Waals surface area contributed by atoms with Crippen LogP contribution in [-0.2, 0) is 12.3 Å². The van der Waals surface area contributed by atoms with Crippen molar-refractivity contribution >= 4 is 33.8 Å². The van der Waals surface area contributed by atoms with E-state index in [4.69, 9.17) is 0 Å². The van der Waals surface area contributed by atoms with Crippen molar-refractivity contribution in [2.24, 2.45) is 4.99 Å². The maximum absolute atomic E-state index is 13.3. The van der Waals surface area contributed by atoms with Crippen molar-refractivity contribution in [1.29, 1.82) is 0 Å². The topological polar surface area (TPSA) is 35.9 Å². The van der Waals surface area contributed by atoms with Gasteiger partial charge in [-0.15, -0.1) is 0 Å². The lowest BCUT2D eigenvalue weighted by atomic mass is 10.1. The van der Waals surface area contributed by atoms with Crippen molar-refractivity contribution in [1.82, 2.24) is 9.80 Å². The molecule has 0 unspecified atom stereocenters. The van der Waals surface area contributed by atoms with Gasteiger partial charge >= 0.3 is 0 Å². The van der Waals surface area contributed by atoms with Gasteiger partial charge in [0.05, 0.1) is 6.54 Å². The van der Waals surface area contributed by atoms with Crippen molar-refractivity contribution in [3.63, 3.8) is 0 Å². The van der Waals surface area contributed by atoms with Gasteiger partial charge in [-0.3, -0.25) is 14.7 Å². The van der Waals surface area contributed by atoms with Gasteiger partial charge in [-0.25, -0.2) is 0 Å². The normalized spacial score (nSPS) is 17.8. The molecule has 0 atom stereocenters. The fraction of sp³-hybridized carbons (Fsp3) is 0.391. The fourth-order valence-corrected chi connectivity index (χ4v) is 5.75. The molecular formula is C23H27N3OS2. The Morgan fingerprint density at radius 3 is 2.66 bits per heavy atom.